The fraction of sp³-hybridized carbons (Fsp3) is 1.00. The topological polar surface area (TPSA) is 15.3 Å². The molecule has 0 aromatic rings. The summed E-state index contributed by atoms with van der Waals surface area (Å²) in [5.74, 6) is 1.94. The van der Waals surface area contributed by atoms with Crippen molar-refractivity contribution in [3.05, 3.63) is 0 Å². The van der Waals surface area contributed by atoms with Crippen molar-refractivity contribution >= 4 is 0 Å². The van der Waals surface area contributed by atoms with E-state index in [2.05, 4.69) is 17.3 Å². The average molecular weight is 182 g/mol. The maximum Gasteiger partial charge on any atom is 0.000974 e. The van der Waals surface area contributed by atoms with E-state index in [1.165, 1.54) is 51.9 Å². The van der Waals surface area contributed by atoms with Gasteiger partial charge >= 0.3 is 0 Å². The molecule has 2 heteroatoms. The van der Waals surface area contributed by atoms with E-state index in [1.807, 2.05) is 0 Å². The Labute approximate surface area is 81.7 Å². The fourth-order valence-corrected chi connectivity index (χ4v) is 2.87. The molecule has 2 fully saturated rings. The first kappa shape index (κ1) is 9.47. The number of fused-ring (bicyclic) bond motifs is 1. The van der Waals surface area contributed by atoms with Crippen molar-refractivity contribution in [2.45, 2.75) is 25.7 Å². The lowest BCUT2D eigenvalue weighted by molar-refractivity contribution is 0.253. The molecule has 1 N–H and O–H groups in total. The van der Waals surface area contributed by atoms with Gasteiger partial charge in [-0.05, 0) is 64.2 Å². The molecule has 0 aromatic heterocycles. The minimum atomic E-state index is 0.965. The van der Waals surface area contributed by atoms with Gasteiger partial charge in [-0.15, -0.1) is 0 Å². The van der Waals surface area contributed by atoms with Gasteiger partial charge in [0, 0.05) is 6.54 Å². The zero-order chi connectivity index (χ0) is 9.10. The van der Waals surface area contributed by atoms with Crippen LogP contribution in [0, 0.1) is 11.8 Å². The van der Waals surface area contributed by atoms with E-state index in [-0.39, 0.29) is 0 Å². The van der Waals surface area contributed by atoms with Gasteiger partial charge in [0.15, 0.2) is 0 Å². The number of likely N-dealkylation sites (tertiary alicyclic amines) is 1. The lowest BCUT2D eigenvalue weighted by atomic mass is 9.87. The fourth-order valence-electron chi connectivity index (χ4n) is 2.87. The molecule has 2 heterocycles. The first-order valence-corrected chi connectivity index (χ1v) is 5.75. The summed E-state index contributed by atoms with van der Waals surface area (Å²) < 4.78 is 0. The van der Waals surface area contributed by atoms with Crippen LogP contribution in [0.3, 0.4) is 0 Å². The Morgan fingerprint density at radius 1 is 1.15 bits per heavy atom. The maximum absolute atomic E-state index is 3.57. The first-order valence-electron chi connectivity index (χ1n) is 5.75. The van der Waals surface area contributed by atoms with Crippen molar-refractivity contribution in [2.24, 2.45) is 11.8 Å². The molecule has 0 saturated carbocycles. The molecule has 2 aliphatic rings. The molecule has 2 atom stereocenters. The highest BCUT2D eigenvalue weighted by atomic mass is 15.1. The zero-order valence-electron chi connectivity index (χ0n) is 8.76. The highest BCUT2D eigenvalue weighted by Crippen LogP contribution is 2.27. The quantitative estimate of drug-likeness (QED) is 0.608. The molecule has 2 nitrogen and oxygen atoms in total. The lowest BCUT2D eigenvalue weighted by Gasteiger charge is -2.24. The predicted molar refractivity (Wildman–Crippen MR) is 55.8 cm³/mol. The lowest BCUT2D eigenvalue weighted by Crippen LogP contribution is -2.29. The summed E-state index contributed by atoms with van der Waals surface area (Å²) in [5, 5.41) is 3.57. The number of nitrogens with one attached hydrogen (secondary N) is 1. The third-order valence-electron chi connectivity index (χ3n) is 3.66. The molecular weight excluding hydrogens is 160 g/mol. The van der Waals surface area contributed by atoms with Gasteiger partial charge < -0.3 is 10.2 Å². The van der Waals surface area contributed by atoms with Crippen LogP contribution in [0.15, 0.2) is 0 Å². The van der Waals surface area contributed by atoms with Gasteiger partial charge in [0.1, 0.15) is 0 Å². The average Bonchev–Trinajstić information content (AvgIpc) is 2.38. The molecule has 2 rings (SSSR count). The highest BCUT2D eigenvalue weighted by molar-refractivity contribution is 4.81. The Kier molecular flexibility index (Phi) is 3.23. The van der Waals surface area contributed by atoms with Gasteiger partial charge in [0.2, 0.25) is 0 Å². The van der Waals surface area contributed by atoms with Crippen LogP contribution in [0.1, 0.15) is 25.7 Å². The van der Waals surface area contributed by atoms with E-state index < -0.39 is 0 Å². The largest absolute Gasteiger partial charge is 0.316 e. The van der Waals surface area contributed by atoms with Crippen molar-refractivity contribution in [1.82, 2.24) is 10.2 Å². The summed E-state index contributed by atoms with van der Waals surface area (Å²) in [7, 11) is 2.28. The molecule has 0 amide bonds. The van der Waals surface area contributed by atoms with Crippen molar-refractivity contribution in [2.75, 3.05) is 33.2 Å². The first-order chi connectivity index (χ1) is 6.36. The van der Waals surface area contributed by atoms with E-state index >= 15 is 0 Å². The Bertz CT molecular complexity index is 158. The van der Waals surface area contributed by atoms with E-state index in [0.717, 1.165) is 11.8 Å². The van der Waals surface area contributed by atoms with Crippen molar-refractivity contribution in [3.8, 4) is 0 Å². The van der Waals surface area contributed by atoms with Crippen LogP contribution >= 0.6 is 0 Å². The molecule has 0 spiro atoms. The molecule has 0 bridgehead atoms. The maximum atomic E-state index is 3.57. The van der Waals surface area contributed by atoms with Crippen molar-refractivity contribution in [3.63, 3.8) is 0 Å². The summed E-state index contributed by atoms with van der Waals surface area (Å²) in [4.78, 5) is 2.52. The van der Waals surface area contributed by atoms with Crippen LogP contribution in [0.4, 0.5) is 0 Å². The third-order valence-corrected chi connectivity index (χ3v) is 3.66. The molecule has 2 aliphatic heterocycles. The second kappa shape index (κ2) is 4.43. The van der Waals surface area contributed by atoms with Crippen molar-refractivity contribution < 1.29 is 0 Å². The monoisotopic (exact) mass is 182 g/mol. The van der Waals surface area contributed by atoms with Gasteiger partial charge in [0.25, 0.3) is 0 Å². The Hall–Kier alpha value is -0.0800. The molecular formula is C11H22N2. The Balaban J connectivity index is 1.98. The zero-order valence-corrected chi connectivity index (χ0v) is 8.76. The molecule has 2 unspecified atom stereocenters. The molecule has 76 valence electrons. The van der Waals surface area contributed by atoms with E-state index in [9.17, 15) is 0 Å². The Morgan fingerprint density at radius 3 is 2.92 bits per heavy atom. The number of hydrogen-bond donors (Lipinski definition) is 1. The number of rotatable bonds is 0. The summed E-state index contributed by atoms with van der Waals surface area (Å²) in [6.45, 7) is 5.18. The summed E-state index contributed by atoms with van der Waals surface area (Å²) in [6, 6.07) is 0. The van der Waals surface area contributed by atoms with Crippen LogP contribution in [0.5, 0.6) is 0 Å². The summed E-state index contributed by atoms with van der Waals surface area (Å²) >= 11 is 0. The summed E-state index contributed by atoms with van der Waals surface area (Å²) in [6.07, 6.45) is 5.68. The summed E-state index contributed by atoms with van der Waals surface area (Å²) in [5.41, 5.74) is 0. The molecule has 2 saturated heterocycles. The van der Waals surface area contributed by atoms with Crippen LogP contribution in [0.25, 0.3) is 0 Å². The third kappa shape index (κ3) is 2.44. The van der Waals surface area contributed by atoms with Crippen LogP contribution in [-0.2, 0) is 0 Å². The van der Waals surface area contributed by atoms with E-state index in [1.54, 1.807) is 0 Å². The number of hydrogen-bond acceptors (Lipinski definition) is 2. The number of nitrogens with zero attached hydrogens (tertiary/aromatic N) is 1. The van der Waals surface area contributed by atoms with E-state index in [4.69, 9.17) is 0 Å². The minimum absolute atomic E-state index is 0.965. The van der Waals surface area contributed by atoms with Gasteiger partial charge in [-0.3, -0.25) is 0 Å². The van der Waals surface area contributed by atoms with Gasteiger partial charge in [0.05, 0.1) is 0 Å². The Morgan fingerprint density at radius 2 is 2.00 bits per heavy atom. The molecule has 13 heavy (non-hydrogen) atoms. The molecule has 0 aliphatic carbocycles. The van der Waals surface area contributed by atoms with Crippen LogP contribution < -0.4 is 5.32 Å². The molecule has 0 radical (unpaired) electrons. The molecule has 0 aromatic carbocycles. The van der Waals surface area contributed by atoms with Crippen LogP contribution in [0.2, 0.25) is 0 Å². The smallest absolute Gasteiger partial charge is 0.000974 e. The van der Waals surface area contributed by atoms with Crippen LogP contribution in [-0.4, -0.2) is 38.1 Å². The highest BCUT2D eigenvalue weighted by Gasteiger charge is 2.26. The normalized spacial score (nSPS) is 37.6. The van der Waals surface area contributed by atoms with Gasteiger partial charge in [-0.2, -0.15) is 0 Å². The predicted octanol–water partition coefficient (Wildman–Crippen LogP) is 1.33. The second-order valence-corrected chi connectivity index (χ2v) is 4.77. The van der Waals surface area contributed by atoms with Gasteiger partial charge in [-0.1, -0.05) is 0 Å². The minimum Gasteiger partial charge on any atom is -0.316 e. The van der Waals surface area contributed by atoms with E-state index in [0.29, 0.717) is 0 Å². The van der Waals surface area contributed by atoms with Gasteiger partial charge in [-0.25, -0.2) is 0 Å². The standard InChI is InChI=1S/C11H22N2/c1-13-7-3-5-10-8-12-6-2-4-11(10)9-13/h10-12H,2-9H2,1H3. The second-order valence-electron chi connectivity index (χ2n) is 4.77. The SMILES string of the molecule is CN1CCCC2CNCCCC2C1. The van der Waals surface area contributed by atoms with Crippen molar-refractivity contribution in [1.29, 1.82) is 0 Å².